The van der Waals surface area contributed by atoms with Crippen LogP contribution in [0.3, 0.4) is 0 Å². The highest BCUT2D eigenvalue weighted by Crippen LogP contribution is 2.31. The number of amides is 2. The number of aromatic amines is 1. The molecule has 5 aromatic rings. The van der Waals surface area contributed by atoms with E-state index in [4.69, 9.17) is 15.2 Å². The van der Waals surface area contributed by atoms with Crippen molar-refractivity contribution in [3.8, 4) is 28.5 Å². The number of fused-ring (bicyclic) bond motifs is 1. The minimum atomic E-state index is -0.423. The van der Waals surface area contributed by atoms with Crippen molar-refractivity contribution in [3.05, 3.63) is 77.9 Å². The summed E-state index contributed by atoms with van der Waals surface area (Å²) < 4.78 is 7.72. The summed E-state index contributed by atoms with van der Waals surface area (Å²) in [4.78, 5) is 34.7. The fourth-order valence-electron chi connectivity index (χ4n) is 4.83. The van der Waals surface area contributed by atoms with E-state index in [-0.39, 0.29) is 24.4 Å². The van der Waals surface area contributed by atoms with Crippen LogP contribution >= 0.6 is 0 Å². The number of nitrogens with one attached hydrogen (secondary N) is 3. The largest absolute Gasteiger partial charge is 0.465 e. The number of carbonyl (C=O) groups is 2. The lowest BCUT2D eigenvalue weighted by atomic mass is 9.98. The zero-order valence-electron chi connectivity index (χ0n) is 24.5. The Labute approximate surface area is 257 Å². The van der Waals surface area contributed by atoms with Gasteiger partial charge >= 0.3 is 0 Å². The number of para-hydroxylation sites is 1. The maximum atomic E-state index is 13.3. The molecule has 2 aromatic heterocycles. The first-order valence-electron chi connectivity index (χ1n) is 14.3. The average Bonchev–Trinajstić information content (AvgIpc) is 3.71. The van der Waals surface area contributed by atoms with Crippen molar-refractivity contribution in [1.29, 1.82) is 0 Å². The maximum absolute atomic E-state index is 13.3. The molecule has 0 fully saturated rings. The Morgan fingerprint density at radius 3 is 2.51 bits per heavy atom. The number of rotatable bonds is 15. The first-order valence-corrected chi connectivity index (χ1v) is 14.3. The topological polar surface area (TPSA) is 193 Å². The SMILES string of the molecule is CCOc1nc2cccc(C(=O)NCC(=O)NCCCCON(O)O)c2n1Cc1ccc(-c2ccccc2-c2nn[nH]n2)cc1. The third kappa shape index (κ3) is 7.84. The van der Waals surface area contributed by atoms with E-state index in [1.807, 2.05) is 66.1 Å². The van der Waals surface area contributed by atoms with Crippen molar-refractivity contribution in [2.24, 2.45) is 0 Å². The van der Waals surface area contributed by atoms with E-state index in [1.54, 1.807) is 12.1 Å². The Balaban J connectivity index is 1.31. The quantitative estimate of drug-likeness (QED) is 0.0859. The van der Waals surface area contributed by atoms with Crippen molar-refractivity contribution in [2.45, 2.75) is 26.3 Å². The fourth-order valence-corrected chi connectivity index (χ4v) is 4.83. The number of nitrogens with zero attached hydrogens (tertiary/aromatic N) is 6. The number of unbranched alkanes of at least 4 members (excludes halogenated alkanes) is 1. The molecule has 45 heavy (non-hydrogen) atoms. The summed E-state index contributed by atoms with van der Waals surface area (Å²) in [5.41, 5.74) is 5.30. The van der Waals surface area contributed by atoms with Crippen molar-refractivity contribution >= 4 is 22.8 Å². The second-order valence-electron chi connectivity index (χ2n) is 9.89. The molecule has 234 valence electrons. The van der Waals surface area contributed by atoms with E-state index >= 15 is 0 Å². The molecule has 2 heterocycles. The van der Waals surface area contributed by atoms with E-state index in [0.29, 0.717) is 61.0 Å². The number of hydrogen-bond donors (Lipinski definition) is 5. The molecule has 0 aliphatic carbocycles. The molecule has 0 saturated carbocycles. The molecule has 15 heteroatoms. The van der Waals surface area contributed by atoms with Crippen molar-refractivity contribution in [2.75, 3.05) is 26.3 Å². The average molecular weight is 616 g/mol. The van der Waals surface area contributed by atoms with Crippen LogP contribution in [-0.2, 0) is 16.2 Å². The highest BCUT2D eigenvalue weighted by Gasteiger charge is 2.20. The van der Waals surface area contributed by atoms with Gasteiger partial charge in [0.05, 0.1) is 48.3 Å². The van der Waals surface area contributed by atoms with Gasteiger partial charge < -0.3 is 15.4 Å². The first-order chi connectivity index (χ1) is 21.9. The number of tetrazole rings is 1. The van der Waals surface area contributed by atoms with Crippen LogP contribution in [0.15, 0.2) is 66.7 Å². The Bertz CT molecular complexity index is 1720. The first kappa shape index (κ1) is 31.2. The van der Waals surface area contributed by atoms with Crippen molar-refractivity contribution in [1.82, 2.24) is 46.2 Å². The van der Waals surface area contributed by atoms with Crippen LogP contribution < -0.4 is 15.4 Å². The van der Waals surface area contributed by atoms with E-state index in [1.165, 1.54) is 0 Å². The molecule has 2 amide bonds. The standard InChI is InChI=1S/C30H33N9O6/c1-2-44-30-33-25-11-7-10-24(29(41)32-18-26(40)31-16-5-6-17-45-39(42)43)27(25)38(30)19-20-12-14-21(15-13-20)22-8-3-4-9-23(22)28-34-36-37-35-28/h3-4,7-15,42-43H,2,5-6,16-19H2,1H3,(H,31,40)(H,32,41)(H,34,35,36,37). The molecular weight excluding hydrogens is 582 g/mol. The van der Waals surface area contributed by atoms with Crippen LogP contribution in [0.1, 0.15) is 35.7 Å². The van der Waals surface area contributed by atoms with E-state index in [9.17, 15) is 9.59 Å². The molecule has 15 nitrogen and oxygen atoms in total. The number of imidazole rings is 1. The second kappa shape index (κ2) is 15.0. The predicted molar refractivity (Wildman–Crippen MR) is 161 cm³/mol. The van der Waals surface area contributed by atoms with Gasteiger partial charge in [0.1, 0.15) is 0 Å². The lowest BCUT2D eigenvalue weighted by Crippen LogP contribution is -2.37. The van der Waals surface area contributed by atoms with Gasteiger partial charge in [0.25, 0.3) is 11.9 Å². The molecule has 5 rings (SSSR count). The van der Waals surface area contributed by atoms with E-state index in [2.05, 4.69) is 41.1 Å². The Morgan fingerprint density at radius 1 is 0.978 bits per heavy atom. The third-order valence-electron chi connectivity index (χ3n) is 6.88. The lowest BCUT2D eigenvalue weighted by molar-refractivity contribution is -0.492. The minimum absolute atomic E-state index is 0.0840. The zero-order valence-corrected chi connectivity index (χ0v) is 24.5. The molecule has 5 N–H and O–H groups in total. The van der Waals surface area contributed by atoms with E-state index < -0.39 is 5.91 Å². The molecule has 0 aliphatic heterocycles. The van der Waals surface area contributed by atoms with Gasteiger partial charge in [0.2, 0.25) is 11.7 Å². The summed E-state index contributed by atoms with van der Waals surface area (Å²) in [5, 5.41) is 36.5. The van der Waals surface area contributed by atoms with Crippen LogP contribution in [-0.4, -0.2) is 84.1 Å². The zero-order chi connectivity index (χ0) is 31.6. The van der Waals surface area contributed by atoms with Gasteiger partial charge in [0.15, 0.2) is 0 Å². The predicted octanol–water partition coefficient (Wildman–Crippen LogP) is 2.97. The van der Waals surface area contributed by atoms with Gasteiger partial charge in [-0.1, -0.05) is 54.6 Å². The van der Waals surface area contributed by atoms with Gasteiger partial charge in [0, 0.05) is 12.1 Å². The number of H-pyrrole nitrogens is 1. The summed E-state index contributed by atoms with van der Waals surface area (Å²) >= 11 is 0. The monoisotopic (exact) mass is 615 g/mol. The van der Waals surface area contributed by atoms with Crippen LogP contribution in [0.5, 0.6) is 6.01 Å². The third-order valence-corrected chi connectivity index (χ3v) is 6.88. The molecule has 0 spiro atoms. The highest BCUT2D eigenvalue weighted by atomic mass is 17.1. The summed E-state index contributed by atoms with van der Waals surface area (Å²) in [6.45, 7) is 2.86. The summed E-state index contributed by atoms with van der Waals surface area (Å²) in [7, 11) is 0. The Hall–Kier alpha value is -5.22. The van der Waals surface area contributed by atoms with Crippen LogP contribution in [0, 0.1) is 0 Å². The molecule has 0 unspecified atom stereocenters. The van der Waals surface area contributed by atoms with Gasteiger partial charge in [-0.2, -0.15) is 10.2 Å². The van der Waals surface area contributed by atoms with Gasteiger partial charge in [-0.25, -0.2) is 0 Å². The number of ether oxygens (including phenoxy) is 1. The fraction of sp³-hybridized carbons (Fsp3) is 0.267. The van der Waals surface area contributed by atoms with Gasteiger partial charge in [-0.15, -0.1) is 10.2 Å². The number of carbonyl (C=O) groups excluding carboxylic acids is 2. The Morgan fingerprint density at radius 2 is 1.78 bits per heavy atom. The molecular formula is C30H33N9O6. The van der Waals surface area contributed by atoms with Crippen molar-refractivity contribution < 1.29 is 29.6 Å². The van der Waals surface area contributed by atoms with Crippen LogP contribution in [0.25, 0.3) is 33.5 Å². The number of aromatic nitrogens is 6. The van der Waals surface area contributed by atoms with E-state index in [0.717, 1.165) is 22.3 Å². The van der Waals surface area contributed by atoms with Crippen molar-refractivity contribution in [3.63, 3.8) is 0 Å². The molecule has 0 bridgehead atoms. The normalized spacial score (nSPS) is 11.2. The maximum Gasteiger partial charge on any atom is 0.297 e. The van der Waals surface area contributed by atoms with Crippen LogP contribution in [0.4, 0.5) is 0 Å². The number of benzene rings is 3. The lowest BCUT2D eigenvalue weighted by Gasteiger charge is -2.13. The summed E-state index contributed by atoms with van der Waals surface area (Å²) in [6, 6.07) is 21.5. The molecule has 3 aromatic carbocycles. The highest BCUT2D eigenvalue weighted by molar-refractivity contribution is 6.06. The smallest absolute Gasteiger partial charge is 0.297 e. The summed E-state index contributed by atoms with van der Waals surface area (Å²) in [6.07, 6.45) is 1.05. The number of hydrogen-bond acceptors (Lipinski definition) is 11. The van der Waals surface area contributed by atoms with Gasteiger partial charge in [-0.3, -0.25) is 29.4 Å². The summed E-state index contributed by atoms with van der Waals surface area (Å²) in [5.74, 6) is -0.270. The molecule has 0 atom stereocenters. The van der Waals surface area contributed by atoms with Crippen LogP contribution in [0.2, 0.25) is 0 Å². The second-order valence-corrected chi connectivity index (χ2v) is 9.89. The molecule has 0 radical (unpaired) electrons. The molecule has 0 saturated heterocycles. The molecule has 0 aliphatic rings. The van der Waals surface area contributed by atoms with Gasteiger partial charge in [-0.05, 0) is 53.8 Å². The minimum Gasteiger partial charge on any atom is -0.465 e. The Kier molecular flexibility index (Phi) is 10.4.